The molecule has 0 fully saturated rings. The monoisotopic (exact) mass is 435 g/mol. The van der Waals surface area contributed by atoms with Crippen LogP contribution in [0.25, 0.3) is 5.69 Å². The third-order valence-corrected chi connectivity index (χ3v) is 4.65. The topological polar surface area (TPSA) is 87.4 Å². The number of aliphatic imine (C=N–C) groups is 1. The molecular formula is C18H12BrF2N3O3. The van der Waals surface area contributed by atoms with Crippen molar-refractivity contribution in [1.82, 2.24) is 9.55 Å². The largest absolute Gasteiger partial charge is 0.493 e. The summed E-state index contributed by atoms with van der Waals surface area (Å²) in [6.45, 7) is 1.79. The molecule has 3 rings (SSSR count). The van der Waals surface area contributed by atoms with E-state index < -0.39 is 28.8 Å². The molecule has 27 heavy (non-hydrogen) atoms. The van der Waals surface area contributed by atoms with Gasteiger partial charge in [0.15, 0.2) is 5.82 Å². The van der Waals surface area contributed by atoms with Crippen LogP contribution in [0.5, 0.6) is 5.88 Å². The number of hydrogen-bond acceptors (Lipinski definition) is 4. The summed E-state index contributed by atoms with van der Waals surface area (Å²) in [7, 11) is 0. The van der Waals surface area contributed by atoms with Gasteiger partial charge in [0, 0.05) is 16.8 Å². The molecule has 0 amide bonds. The van der Waals surface area contributed by atoms with E-state index >= 15 is 0 Å². The molecule has 138 valence electrons. The van der Waals surface area contributed by atoms with Gasteiger partial charge in [-0.1, -0.05) is 15.9 Å². The van der Waals surface area contributed by atoms with E-state index in [0.717, 1.165) is 33.0 Å². The van der Waals surface area contributed by atoms with Crippen molar-refractivity contribution < 1.29 is 13.9 Å². The van der Waals surface area contributed by atoms with Crippen LogP contribution in [-0.2, 0) is 0 Å². The second-order valence-electron chi connectivity index (χ2n) is 5.62. The molecule has 0 radical (unpaired) electrons. The van der Waals surface area contributed by atoms with Crippen molar-refractivity contribution in [3.63, 3.8) is 0 Å². The van der Waals surface area contributed by atoms with Gasteiger partial charge >= 0.3 is 5.69 Å². The van der Waals surface area contributed by atoms with Gasteiger partial charge in [-0.3, -0.25) is 14.8 Å². The zero-order chi connectivity index (χ0) is 19.7. The van der Waals surface area contributed by atoms with E-state index in [9.17, 15) is 23.5 Å². The number of rotatable bonds is 3. The minimum Gasteiger partial charge on any atom is -0.493 e. The number of aryl methyl sites for hydroxylation is 1. The number of aromatic nitrogens is 2. The molecule has 0 spiro atoms. The van der Waals surface area contributed by atoms with Crippen LogP contribution in [0.4, 0.5) is 14.5 Å². The summed E-state index contributed by atoms with van der Waals surface area (Å²) in [5, 5.41) is 10.4. The second-order valence-corrected chi connectivity index (χ2v) is 6.47. The van der Waals surface area contributed by atoms with E-state index in [1.165, 1.54) is 0 Å². The maximum Gasteiger partial charge on any atom is 0.335 e. The van der Waals surface area contributed by atoms with E-state index in [1.807, 2.05) is 0 Å². The molecule has 0 aliphatic carbocycles. The SMILES string of the molecule is Cc1cc(-n2c(O)c(C=Nc3ccc(F)cc3F)c(=O)[nH]c2=O)ccc1Br. The smallest absolute Gasteiger partial charge is 0.335 e. The number of aromatic hydroxyl groups is 1. The Morgan fingerprint density at radius 3 is 2.59 bits per heavy atom. The van der Waals surface area contributed by atoms with Crippen LogP contribution in [0.3, 0.4) is 0 Å². The predicted octanol–water partition coefficient (Wildman–Crippen LogP) is 3.33. The van der Waals surface area contributed by atoms with Gasteiger partial charge in [0.05, 0.1) is 11.4 Å². The Morgan fingerprint density at radius 2 is 1.93 bits per heavy atom. The third-order valence-electron chi connectivity index (χ3n) is 3.76. The molecule has 0 saturated carbocycles. The second kappa shape index (κ2) is 7.28. The zero-order valence-electron chi connectivity index (χ0n) is 13.8. The van der Waals surface area contributed by atoms with Crippen molar-refractivity contribution in [1.29, 1.82) is 0 Å². The predicted molar refractivity (Wildman–Crippen MR) is 100 cm³/mol. The van der Waals surface area contributed by atoms with E-state index in [-0.39, 0.29) is 11.3 Å². The van der Waals surface area contributed by atoms with Crippen LogP contribution in [-0.4, -0.2) is 20.9 Å². The molecule has 0 bridgehead atoms. The number of nitrogens with one attached hydrogen (secondary N) is 1. The standard InChI is InChI=1S/C18H12BrF2N3O3/c1-9-6-11(3-4-13(9)19)24-17(26)12(16(25)23-18(24)27)8-22-15-5-2-10(20)7-14(15)21/h2-8,26H,1H3,(H,23,25,27). The van der Waals surface area contributed by atoms with E-state index in [2.05, 4.69) is 25.9 Å². The van der Waals surface area contributed by atoms with Crippen molar-refractivity contribution in [2.45, 2.75) is 6.92 Å². The molecule has 0 unspecified atom stereocenters. The van der Waals surface area contributed by atoms with Crippen LogP contribution >= 0.6 is 15.9 Å². The van der Waals surface area contributed by atoms with Gasteiger partial charge < -0.3 is 5.11 Å². The fourth-order valence-corrected chi connectivity index (χ4v) is 2.63. The fraction of sp³-hybridized carbons (Fsp3) is 0.0556. The molecule has 2 N–H and O–H groups in total. The highest BCUT2D eigenvalue weighted by Crippen LogP contribution is 2.23. The summed E-state index contributed by atoms with van der Waals surface area (Å²) in [5.74, 6) is -2.36. The van der Waals surface area contributed by atoms with Crippen molar-refractivity contribution in [2.24, 2.45) is 4.99 Å². The van der Waals surface area contributed by atoms with Gasteiger partial charge in [-0.25, -0.2) is 18.1 Å². The molecule has 6 nitrogen and oxygen atoms in total. The van der Waals surface area contributed by atoms with E-state index in [1.54, 1.807) is 25.1 Å². The van der Waals surface area contributed by atoms with Crippen LogP contribution in [0, 0.1) is 18.6 Å². The molecule has 0 aliphatic heterocycles. The normalized spacial score (nSPS) is 11.3. The number of H-pyrrole nitrogens is 1. The van der Waals surface area contributed by atoms with Crippen LogP contribution < -0.4 is 11.2 Å². The van der Waals surface area contributed by atoms with Crippen LogP contribution in [0.1, 0.15) is 11.1 Å². The van der Waals surface area contributed by atoms with Crippen LogP contribution in [0.2, 0.25) is 0 Å². The molecule has 0 atom stereocenters. The Kier molecular flexibility index (Phi) is 5.04. The summed E-state index contributed by atoms with van der Waals surface area (Å²) < 4.78 is 28.3. The molecule has 3 aromatic rings. The minimum absolute atomic E-state index is 0.229. The van der Waals surface area contributed by atoms with Crippen LogP contribution in [0.15, 0.2) is 55.5 Å². The van der Waals surface area contributed by atoms with Gasteiger partial charge in [-0.2, -0.15) is 0 Å². The average Bonchev–Trinajstić information content (AvgIpc) is 2.59. The molecule has 2 aromatic carbocycles. The number of benzene rings is 2. The van der Waals surface area contributed by atoms with Crippen molar-refractivity contribution >= 4 is 27.8 Å². The zero-order valence-corrected chi connectivity index (χ0v) is 15.4. The van der Waals surface area contributed by atoms with Gasteiger partial charge in [-0.15, -0.1) is 0 Å². The van der Waals surface area contributed by atoms with E-state index in [4.69, 9.17) is 0 Å². The Labute approximate surface area is 159 Å². The van der Waals surface area contributed by atoms with Gasteiger partial charge in [0.1, 0.15) is 11.4 Å². The lowest BCUT2D eigenvalue weighted by Crippen LogP contribution is -2.31. The van der Waals surface area contributed by atoms with Gasteiger partial charge in [-0.05, 0) is 42.8 Å². The number of aromatic amines is 1. The molecule has 0 aliphatic rings. The Balaban J connectivity index is 2.14. The highest BCUT2D eigenvalue weighted by Gasteiger charge is 2.15. The summed E-state index contributed by atoms with van der Waals surface area (Å²) in [5.41, 5.74) is -1.20. The molecular weight excluding hydrogens is 424 g/mol. The summed E-state index contributed by atoms with van der Waals surface area (Å²) in [6, 6.07) is 7.61. The average molecular weight is 436 g/mol. The minimum atomic E-state index is -0.931. The fourth-order valence-electron chi connectivity index (χ4n) is 2.38. The number of halogens is 3. The quantitative estimate of drug-likeness (QED) is 0.618. The van der Waals surface area contributed by atoms with Gasteiger partial charge in [0.25, 0.3) is 5.56 Å². The van der Waals surface area contributed by atoms with Crippen molar-refractivity contribution in [3.05, 3.63) is 84.5 Å². The van der Waals surface area contributed by atoms with Gasteiger partial charge in [0.2, 0.25) is 5.88 Å². The number of nitrogens with zero attached hydrogens (tertiary/aromatic N) is 2. The van der Waals surface area contributed by atoms with E-state index in [0.29, 0.717) is 11.8 Å². The maximum atomic E-state index is 13.7. The number of hydrogen-bond donors (Lipinski definition) is 2. The summed E-state index contributed by atoms with van der Waals surface area (Å²) in [4.78, 5) is 30.1. The summed E-state index contributed by atoms with van der Waals surface area (Å²) in [6.07, 6.45) is 0.909. The lowest BCUT2D eigenvalue weighted by atomic mass is 10.2. The maximum absolute atomic E-state index is 13.7. The lowest BCUT2D eigenvalue weighted by Gasteiger charge is -2.11. The first-order valence-corrected chi connectivity index (χ1v) is 8.41. The highest BCUT2D eigenvalue weighted by molar-refractivity contribution is 9.10. The molecule has 0 saturated heterocycles. The molecule has 1 aromatic heterocycles. The summed E-state index contributed by atoms with van der Waals surface area (Å²) >= 11 is 3.34. The third kappa shape index (κ3) is 3.72. The Hall–Kier alpha value is -3.07. The first kappa shape index (κ1) is 18.7. The lowest BCUT2D eigenvalue weighted by molar-refractivity contribution is 0.430. The highest BCUT2D eigenvalue weighted by atomic mass is 79.9. The molecule has 9 heteroatoms. The van der Waals surface area contributed by atoms with Crippen molar-refractivity contribution in [2.75, 3.05) is 0 Å². The Morgan fingerprint density at radius 1 is 1.19 bits per heavy atom. The first-order valence-electron chi connectivity index (χ1n) is 7.62. The Bertz CT molecular complexity index is 1190. The molecule has 1 heterocycles. The van der Waals surface area contributed by atoms with Crippen molar-refractivity contribution in [3.8, 4) is 11.6 Å². The first-order chi connectivity index (χ1) is 12.8.